The number of amides is 1. The summed E-state index contributed by atoms with van der Waals surface area (Å²) in [7, 11) is 0. The smallest absolute Gasteiger partial charge is 0.241 e. The van der Waals surface area contributed by atoms with Gasteiger partial charge >= 0.3 is 0 Å². The number of carbonyl (C=O) groups excluding carboxylic acids is 1. The predicted molar refractivity (Wildman–Crippen MR) is 118 cm³/mol. The number of rotatable bonds is 8. The average Bonchev–Trinajstić information content (AvgIpc) is 3.27. The van der Waals surface area contributed by atoms with Crippen LogP contribution in [0.25, 0.3) is 11.4 Å². The summed E-state index contributed by atoms with van der Waals surface area (Å²) in [6, 6.07) is 17.2. The van der Waals surface area contributed by atoms with Crippen molar-refractivity contribution in [3.8, 4) is 17.1 Å². The van der Waals surface area contributed by atoms with Gasteiger partial charge in [-0.1, -0.05) is 54.2 Å². The van der Waals surface area contributed by atoms with E-state index in [1.165, 1.54) is 0 Å². The minimum absolute atomic E-state index is 0.0171. The number of hydrogen-bond acceptors (Lipinski definition) is 6. The summed E-state index contributed by atoms with van der Waals surface area (Å²) < 4.78 is 10.9. The van der Waals surface area contributed by atoms with Crippen molar-refractivity contribution in [3.63, 3.8) is 0 Å². The molecule has 1 aliphatic rings. The summed E-state index contributed by atoms with van der Waals surface area (Å²) in [4.78, 5) is 19.4. The fraction of sp³-hybridized carbons (Fsp3) is 0.292. The summed E-state index contributed by atoms with van der Waals surface area (Å²) in [5.41, 5.74) is 1.68. The topological polar surface area (TPSA) is 80.5 Å². The normalized spacial score (nSPS) is 14.8. The highest BCUT2D eigenvalue weighted by molar-refractivity contribution is 5.92. The summed E-state index contributed by atoms with van der Waals surface area (Å²) in [6.45, 7) is 6.29. The lowest BCUT2D eigenvalue weighted by molar-refractivity contribution is -0.121. The Morgan fingerprint density at radius 2 is 2.00 bits per heavy atom. The monoisotopic (exact) mass is 418 g/mol. The molecule has 1 fully saturated rings. The summed E-state index contributed by atoms with van der Waals surface area (Å²) in [5.74, 6) is 1.94. The molecule has 0 atom stereocenters. The third kappa shape index (κ3) is 5.58. The fourth-order valence-electron chi connectivity index (χ4n) is 3.63. The zero-order valence-corrected chi connectivity index (χ0v) is 17.4. The van der Waals surface area contributed by atoms with Crippen LogP contribution in [-0.4, -0.2) is 40.6 Å². The Balaban J connectivity index is 1.26. The molecule has 2 aromatic carbocycles. The molecule has 4 rings (SSSR count). The van der Waals surface area contributed by atoms with E-state index in [0.717, 1.165) is 37.2 Å². The molecule has 7 nitrogen and oxygen atoms in total. The first kappa shape index (κ1) is 20.8. The number of carbonyl (C=O) groups is 1. The van der Waals surface area contributed by atoms with Crippen molar-refractivity contribution in [3.05, 3.63) is 73.1 Å². The number of aromatic nitrogens is 2. The first-order valence-corrected chi connectivity index (χ1v) is 10.5. The summed E-state index contributed by atoms with van der Waals surface area (Å²) in [5, 5.41) is 7.09. The van der Waals surface area contributed by atoms with Crippen molar-refractivity contribution in [1.82, 2.24) is 15.0 Å². The largest absolute Gasteiger partial charge is 0.489 e. The molecule has 0 radical (unpaired) electrons. The highest BCUT2D eigenvalue weighted by atomic mass is 16.5. The Labute approximate surface area is 181 Å². The van der Waals surface area contributed by atoms with E-state index in [1.54, 1.807) is 6.08 Å². The number of nitrogens with zero attached hydrogens (tertiary/aromatic N) is 3. The van der Waals surface area contributed by atoms with Crippen molar-refractivity contribution in [2.75, 3.05) is 25.0 Å². The minimum Gasteiger partial charge on any atom is -0.489 e. The van der Waals surface area contributed by atoms with Crippen LogP contribution in [0.5, 0.6) is 5.75 Å². The van der Waals surface area contributed by atoms with E-state index in [0.29, 0.717) is 30.6 Å². The zero-order chi connectivity index (χ0) is 21.5. The van der Waals surface area contributed by atoms with E-state index in [-0.39, 0.29) is 11.8 Å². The third-order valence-corrected chi connectivity index (χ3v) is 5.29. The Kier molecular flexibility index (Phi) is 6.74. The van der Waals surface area contributed by atoms with Crippen molar-refractivity contribution in [2.24, 2.45) is 5.92 Å². The van der Waals surface area contributed by atoms with Crippen LogP contribution in [0.1, 0.15) is 18.7 Å². The maximum atomic E-state index is 12.7. The van der Waals surface area contributed by atoms with Gasteiger partial charge in [-0.2, -0.15) is 4.98 Å². The number of anilines is 1. The molecule has 1 N–H and O–H groups in total. The second-order valence-corrected chi connectivity index (χ2v) is 7.54. The highest BCUT2D eigenvalue weighted by Gasteiger charge is 2.26. The van der Waals surface area contributed by atoms with Crippen LogP contribution >= 0.6 is 0 Å². The van der Waals surface area contributed by atoms with E-state index >= 15 is 0 Å². The first-order chi connectivity index (χ1) is 15.2. The highest BCUT2D eigenvalue weighted by Crippen LogP contribution is 2.23. The van der Waals surface area contributed by atoms with E-state index in [1.807, 2.05) is 54.6 Å². The van der Waals surface area contributed by atoms with Crippen LogP contribution in [0.3, 0.4) is 0 Å². The SMILES string of the molecule is C=CCOc1cccc(NC(=O)C2CCN(Cc3nc(-c4ccccc4)no3)CC2)c1. The van der Waals surface area contributed by atoms with Crippen molar-refractivity contribution in [1.29, 1.82) is 0 Å². The number of benzene rings is 2. The van der Waals surface area contributed by atoms with Crippen LogP contribution in [0.2, 0.25) is 0 Å². The molecule has 0 saturated carbocycles. The molecule has 0 spiro atoms. The van der Waals surface area contributed by atoms with E-state index in [9.17, 15) is 4.79 Å². The number of ether oxygens (including phenoxy) is 1. The van der Waals surface area contributed by atoms with Crippen LogP contribution in [0.15, 0.2) is 71.8 Å². The Morgan fingerprint density at radius 1 is 1.19 bits per heavy atom. The summed E-state index contributed by atoms with van der Waals surface area (Å²) in [6.07, 6.45) is 3.27. The molecule has 7 heteroatoms. The van der Waals surface area contributed by atoms with Gasteiger partial charge in [0.1, 0.15) is 12.4 Å². The second-order valence-electron chi connectivity index (χ2n) is 7.54. The van der Waals surface area contributed by atoms with Crippen LogP contribution in [-0.2, 0) is 11.3 Å². The van der Waals surface area contributed by atoms with Crippen molar-refractivity contribution < 1.29 is 14.1 Å². The molecule has 0 bridgehead atoms. The molecule has 0 unspecified atom stereocenters. The Morgan fingerprint density at radius 3 is 2.77 bits per heavy atom. The van der Waals surface area contributed by atoms with Gasteiger partial charge in [0, 0.05) is 23.2 Å². The van der Waals surface area contributed by atoms with Gasteiger partial charge in [-0.25, -0.2) is 0 Å². The van der Waals surface area contributed by atoms with E-state index in [2.05, 4.69) is 26.9 Å². The number of nitrogens with one attached hydrogen (secondary N) is 1. The van der Waals surface area contributed by atoms with Crippen molar-refractivity contribution >= 4 is 11.6 Å². The standard InChI is InChI=1S/C24H26N4O3/c1-2-15-30-21-10-6-9-20(16-21)25-24(29)19-11-13-28(14-12-19)17-22-26-23(27-31-22)18-7-4-3-5-8-18/h2-10,16,19H,1,11-15,17H2,(H,25,29). The number of hydrogen-bond donors (Lipinski definition) is 1. The van der Waals surface area contributed by atoms with Gasteiger partial charge in [0.15, 0.2) is 0 Å². The lowest BCUT2D eigenvalue weighted by atomic mass is 9.96. The van der Waals surface area contributed by atoms with Crippen molar-refractivity contribution in [2.45, 2.75) is 19.4 Å². The van der Waals surface area contributed by atoms with Gasteiger partial charge in [-0.15, -0.1) is 0 Å². The molecule has 31 heavy (non-hydrogen) atoms. The van der Waals surface area contributed by atoms with Crippen LogP contribution < -0.4 is 10.1 Å². The van der Waals surface area contributed by atoms with E-state index in [4.69, 9.17) is 9.26 Å². The van der Waals surface area contributed by atoms with E-state index < -0.39 is 0 Å². The predicted octanol–water partition coefficient (Wildman–Crippen LogP) is 4.15. The third-order valence-electron chi connectivity index (χ3n) is 5.29. The Hall–Kier alpha value is -3.45. The lowest BCUT2D eigenvalue weighted by Crippen LogP contribution is -2.37. The quantitative estimate of drug-likeness (QED) is 0.554. The number of piperidine rings is 1. The maximum absolute atomic E-state index is 12.7. The van der Waals surface area contributed by atoms with Gasteiger partial charge in [-0.3, -0.25) is 9.69 Å². The molecule has 3 aromatic rings. The molecular weight excluding hydrogens is 392 g/mol. The van der Waals surface area contributed by atoms with Crippen LogP contribution in [0.4, 0.5) is 5.69 Å². The van der Waals surface area contributed by atoms with Crippen LogP contribution in [0, 0.1) is 5.92 Å². The Bertz CT molecular complexity index is 1010. The molecule has 2 heterocycles. The lowest BCUT2D eigenvalue weighted by Gasteiger charge is -2.30. The first-order valence-electron chi connectivity index (χ1n) is 10.5. The van der Waals surface area contributed by atoms with Gasteiger partial charge in [0.25, 0.3) is 0 Å². The zero-order valence-electron chi connectivity index (χ0n) is 17.4. The van der Waals surface area contributed by atoms with Gasteiger partial charge in [-0.05, 0) is 38.1 Å². The average molecular weight is 418 g/mol. The maximum Gasteiger partial charge on any atom is 0.241 e. The molecule has 1 saturated heterocycles. The molecular formula is C24H26N4O3. The molecule has 0 aliphatic carbocycles. The van der Waals surface area contributed by atoms with Gasteiger partial charge in [0.2, 0.25) is 17.6 Å². The fourth-order valence-corrected chi connectivity index (χ4v) is 3.63. The molecule has 1 aliphatic heterocycles. The molecule has 1 aromatic heterocycles. The second kappa shape index (κ2) is 10.0. The van der Waals surface area contributed by atoms with Gasteiger partial charge < -0.3 is 14.6 Å². The summed E-state index contributed by atoms with van der Waals surface area (Å²) >= 11 is 0. The number of likely N-dealkylation sites (tertiary alicyclic amines) is 1. The molecule has 160 valence electrons. The van der Waals surface area contributed by atoms with Gasteiger partial charge in [0.05, 0.1) is 6.54 Å². The molecule has 1 amide bonds. The minimum atomic E-state index is -0.0171.